The van der Waals surface area contributed by atoms with Crippen LogP contribution in [0.1, 0.15) is 37.6 Å². The highest BCUT2D eigenvalue weighted by Crippen LogP contribution is 2.29. The molecule has 0 aliphatic heterocycles. The summed E-state index contributed by atoms with van der Waals surface area (Å²) >= 11 is 1.78. The summed E-state index contributed by atoms with van der Waals surface area (Å²) < 4.78 is 0. The standard InChI is InChI=1S/C15H23N5S/c1-4-6-11-13(18-10-19-14(11)20-16)17-9-15(2,3)12-7-5-8-21-12/h5,7-8,10H,4,6,9,16H2,1-3H3,(H2,17,18,19,20). The molecule has 0 aliphatic rings. The first-order valence-electron chi connectivity index (χ1n) is 7.17. The minimum atomic E-state index is 0.0545. The van der Waals surface area contributed by atoms with Crippen LogP contribution in [-0.2, 0) is 11.8 Å². The van der Waals surface area contributed by atoms with Gasteiger partial charge in [0.1, 0.15) is 18.0 Å². The van der Waals surface area contributed by atoms with E-state index in [0.29, 0.717) is 5.82 Å². The molecule has 2 heterocycles. The normalized spacial score (nSPS) is 11.4. The maximum atomic E-state index is 5.54. The second-order valence-corrected chi connectivity index (χ2v) is 6.61. The highest BCUT2D eigenvalue weighted by Gasteiger charge is 2.22. The van der Waals surface area contributed by atoms with Crippen LogP contribution in [0.25, 0.3) is 0 Å². The number of aromatic nitrogens is 2. The molecule has 0 spiro atoms. The van der Waals surface area contributed by atoms with Crippen molar-refractivity contribution >= 4 is 23.0 Å². The van der Waals surface area contributed by atoms with E-state index in [-0.39, 0.29) is 5.41 Å². The van der Waals surface area contributed by atoms with Crippen molar-refractivity contribution in [2.24, 2.45) is 5.84 Å². The maximum absolute atomic E-state index is 5.54. The summed E-state index contributed by atoms with van der Waals surface area (Å²) in [7, 11) is 0. The molecular weight excluding hydrogens is 282 g/mol. The molecule has 0 saturated heterocycles. The van der Waals surface area contributed by atoms with Gasteiger partial charge in [-0.1, -0.05) is 33.3 Å². The molecule has 0 atom stereocenters. The lowest BCUT2D eigenvalue weighted by atomic mass is 9.91. The fourth-order valence-electron chi connectivity index (χ4n) is 2.23. The predicted octanol–water partition coefficient (Wildman–Crippen LogP) is 3.17. The molecule has 6 heteroatoms. The van der Waals surface area contributed by atoms with Gasteiger partial charge in [0, 0.05) is 22.4 Å². The van der Waals surface area contributed by atoms with Crippen LogP contribution in [0.15, 0.2) is 23.8 Å². The Balaban J connectivity index is 2.16. The Hall–Kier alpha value is -1.66. The quantitative estimate of drug-likeness (QED) is 0.541. The summed E-state index contributed by atoms with van der Waals surface area (Å²) in [6.45, 7) is 7.40. The molecule has 0 unspecified atom stereocenters. The number of thiophene rings is 1. The van der Waals surface area contributed by atoms with E-state index in [2.05, 4.69) is 59.0 Å². The Morgan fingerprint density at radius 1 is 1.29 bits per heavy atom. The average molecular weight is 305 g/mol. The fraction of sp³-hybridized carbons (Fsp3) is 0.467. The topological polar surface area (TPSA) is 75.9 Å². The Morgan fingerprint density at radius 3 is 2.67 bits per heavy atom. The van der Waals surface area contributed by atoms with E-state index in [1.54, 1.807) is 11.3 Å². The second-order valence-electron chi connectivity index (χ2n) is 5.66. The number of nitrogens with two attached hydrogens (primary N) is 1. The molecule has 0 fully saturated rings. The van der Waals surface area contributed by atoms with Gasteiger partial charge in [0.25, 0.3) is 0 Å². The van der Waals surface area contributed by atoms with Crippen molar-refractivity contribution in [3.8, 4) is 0 Å². The van der Waals surface area contributed by atoms with Crippen molar-refractivity contribution in [1.29, 1.82) is 0 Å². The van der Waals surface area contributed by atoms with Crippen LogP contribution in [0.2, 0.25) is 0 Å². The Labute approximate surface area is 130 Å². The van der Waals surface area contributed by atoms with Gasteiger partial charge in [-0.25, -0.2) is 15.8 Å². The van der Waals surface area contributed by atoms with Gasteiger partial charge in [0.2, 0.25) is 0 Å². The molecule has 4 N–H and O–H groups in total. The van der Waals surface area contributed by atoms with Gasteiger partial charge in [-0.05, 0) is 17.9 Å². The third-order valence-corrected chi connectivity index (χ3v) is 4.70. The van der Waals surface area contributed by atoms with Crippen molar-refractivity contribution in [2.45, 2.75) is 39.0 Å². The molecule has 2 aromatic rings. The molecule has 0 bridgehead atoms. The van der Waals surface area contributed by atoms with E-state index in [1.165, 1.54) is 11.2 Å². The maximum Gasteiger partial charge on any atom is 0.148 e. The lowest BCUT2D eigenvalue weighted by Crippen LogP contribution is -2.27. The number of hydrogen-bond donors (Lipinski definition) is 3. The highest BCUT2D eigenvalue weighted by atomic mass is 32.1. The van der Waals surface area contributed by atoms with E-state index in [4.69, 9.17) is 5.84 Å². The third-order valence-electron chi connectivity index (χ3n) is 3.47. The molecule has 0 aromatic carbocycles. The largest absolute Gasteiger partial charge is 0.369 e. The van der Waals surface area contributed by atoms with Crippen LogP contribution in [0, 0.1) is 0 Å². The van der Waals surface area contributed by atoms with Crippen molar-refractivity contribution < 1.29 is 0 Å². The van der Waals surface area contributed by atoms with E-state index in [1.807, 2.05) is 0 Å². The van der Waals surface area contributed by atoms with E-state index < -0.39 is 0 Å². The number of nitrogen functional groups attached to an aromatic ring is 1. The molecule has 2 aromatic heterocycles. The van der Waals surface area contributed by atoms with Crippen molar-refractivity contribution in [2.75, 3.05) is 17.3 Å². The SMILES string of the molecule is CCCc1c(NN)ncnc1NCC(C)(C)c1cccs1. The minimum Gasteiger partial charge on any atom is -0.369 e. The van der Waals surface area contributed by atoms with Gasteiger partial charge < -0.3 is 10.7 Å². The van der Waals surface area contributed by atoms with E-state index in [9.17, 15) is 0 Å². The van der Waals surface area contributed by atoms with Crippen LogP contribution >= 0.6 is 11.3 Å². The highest BCUT2D eigenvalue weighted by molar-refractivity contribution is 7.10. The zero-order chi connectivity index (χ0) is 15.3. The van der Waals surface area contributed by atoms with Crippen molar-refractivity contribution in [3.63, 3.8) is 0 Å². The summed E-state index contributed by atoms with van der Waals surface area (Å²) in [5, 5.41) is 5.57. The summed E-state index contributed by atoms with van der Waals surface area (Å²) in [6.07, 6.45) is 3.45. The summed E-state index contributed by atoms with van der Waals surface area (Å²) in [6, 6.07) is 4.26. The molecule has 0 aliphatic carbocycles. The summed E-state index contributed by atoms with van der Waals surface area (Å²) in [5.74, 6) is 7.11. The first kappa shape index (κ1) is 15.7. The smallest absolute Gasteiger partial charge is 0.148 e. The second kappa shape index (κ2) is 6.87. The monoisotopic (exact) mass is 305 g/mol. The Bertz CT molecular complexity index is 565. The molecular formula is C15H23N5S. The molecule has 0 amide bonds. The molecule has 5 nitrogen and oxygen atoms in total. The van der Waals surface area contributed by atoms with E-state index >= 15 is 0 Å². The Morgan fingerprint density at radius 2 is 2.05 bits per heavy atom. The average Bonchev–Trinajstić information content (AvgIpc) is 3.01. The first-order valence-corrected chi connectivity index (χ1v) is 8.04. The van der Waals surface area contributed by atoms with Gasteiger partial charge in [0.15, 0.2) is 0 Å². The third kappa shape index (κ3) is 3.71. The van der Waals surface area contributed by atoms with Gasteiger partial charge in [-0.2, -0.15) is 0 Å². The van der Waals surface area contributed by atoms with Crippen LogP contribution in [0.4, 0.5) is 11.6 Å². The Kier molecular flexibility index (Phi) is 5.14. The number of hydrazine groups is 1. The summed E-state index contributed by atoms with van der Waals surface area (Å²) in [5.41, 5.74) is 3.76. The van der Waals surface area contributed by atoms with Gasteiger partial charge >= 0.3 is 0 Å². The van der Waals surface area contributed by atoms with Gasteiger partial charge in [-0.3, -0.25) is 0 Å². The van der Waals surface area contributed by atoms with Gasteiger partial charge in [-0.15, -0.1) is 11.3 Å². The van der Waals surface area contributed by atoms with Crippen LogP contribution < -0.4 is 16.6 Å². The van der Waals surface area contributed by atoms with Crippen LogP contribution in [0.3, 0.4) is 0 Å². The van der Waals surface area contributed by atoms with E-state index in [0.717, 1.165) is 30.8 Å². The molecule has 2 rings (SSSR count). The van der Waals surface area contributed by atoms with Crippen molar-refractivity contribution in [1.82, 2.24) is 9.97 Å². The number of nitrogens with one attached hydrogen (secondary N) is 2. The summed E-state index contributed by atoms with van der Waals surface area (Å²) in [4.78, 5) is 9.92. The van der Waals surface area contributed by atoms with Crippen LogP contribution in [0.5, 0.6) is 0 Å². The number of nitrogens with zero attached hydrogens (tertiary/aromatic N) is 2. The number of hydrogen-bond acceptors (Lipinski definition) is 6. The molecule has 0 saturated carbocycles. The van der Waals surface area contributed by atoms with Crippen LogP contribution in [-0.4, -0.2) is 16.5 Å². The zero-order valence-electron chi connectivity index (χ0n) is 12.8. The first-order chi connectivity index (χ1) is 10.1. The van der Waals surface area contributed by atoms with Gasteiger partial charge in [0.05, 0.1) is 0 Å². The zero-order valence-corrected chi connectivity index (χ0v) is 13.6. The van der Waals surface area contributed by atoms with Crippen molar-refractivity contribution in [3.05, 3.63) is 34.3 Å². The fourth-order valence-corrected chi connectivity index (χ4v) is 3.08. The predicted molar refractivity (Wildman–Crippen MR) is 89.7 cm³/mol. The number of anilines is 2. The molecule has 0 radical (unpaired) electrons. The molecule has 21 heavy (non-hydrogen) atoms. The number of rotatable bonds is 7. The lowest BCUT2D eigenvalue weighted by Gasteiger charge is -2.25. The minimum absolute atomic E-state index is 0.0545. The molecule has 114 valence electrons. The lowest BCUT2D eigenvalue weighted by molar-refractivity contribution is 0.567.